The summed E-state index contributed by atoms with van der Waals surface area (Å²) in [6, 6.07) is 8.16. The lowest BCUT2D eigenvalue weighted by Crippen LogP contribution is -2.23. The van der Waals surface area contributed by atoms with Crippen molar-refractivity contribution >= 4 is 0 Å². The van der Waals surface area contributed by atoms with Crippen molar-refractivity contribution in [1.29, 1.82) is 5.26 Å². The molecule has 0 saturated carbocycles. The van der Waals surface area contributed by atoms with E-state index in [1.807, 2.05) is 20.8 Å². The predicted octanol–water partition coefficient (Wildman–Crippen LogP) is 3.06. The number of allylic oxidation sites excluding steroid dienone is 1. The van der Waals surface area contributed by atoms with Crippen LogP contribution in [0.25, 0.3) is 0 Å². The number of aromatic nitrogens is 2. The van der Waals surface area contributed by atoms with Crippen molar-refractivity contribution in [3.05, 3.63) is 58.4 Å². The number of aromatic amines is 1. The number of fused-ring (bicyclic) bond motifs is 1. The van der Waals surface area contributed by atoms with Crippen LogP contribution in [0.3, 0.4) is 0 Å². The molecule has 1 aliphatic rings. The van der Waals surface area contributed by atoms with Gasteiger partial charge in [-0.25, -0.2) is 4.39 Å². The van der Waals surface area contributed by atoms with Gasteiger partial charge in [-0.2, -0.15) is 5.26 Å². The molecule has 6 heteroatoms. The number of benzene rings is 1. The lowest BCUT2D eigenvalue weighted by atomic mass is 9.79. The topological polar surface area (TPSA) is 87.7 Å². The maximum atomic E-state index is 13.3. The van der Waals surface area contributed by atoms with E-state index in [4.69, 9.17) is 10.5 Å². The van der Waals surface area contributed by atoms with Crippen LogP contribution in [-0.4, -0.2) is 10.2 Å². The largest absolute Gasteiger partial charge is 0.420 e. The van der Waals surface area contributed by atoms with E-state index < -0.39 is 5.92 Å². The number of hydrogen-bond acceptors (Lipinski definition) is 4. The summed E-state index contributed by atoms with van der Waals surface area (Å²) in [5.74, 6) is -0.376. The molecular weight excluding hydrogens is 295 g/mol. The fourth-order valence-corrected chi connectivity index (χ4v) is 2.81. The molecule has 118 valence electrons. The molecule has 2 aromatic rings. The Bertz CT molecular complexity index is 822. The van der Waals surface area contributed by atoms with Crippen LogP contribution >= 0.6 is 0 Å². The van der Waals surface area contributed by atoms with E-state index in [1.165, 1.54) is 12.1 Å². The predicted molar refractivity (Wildman–Crippen MR) is 83.0 cm³/mol. The number of nitrogens with two attached hydrogens (primary N) is 1. The summed E-state index contributed by atoms with van der Waals surface area (Å²) in [6.45, 7) is 6.11. The molecule has 0 spiro atoms. The van der Waals surface area contributed by atoms with Crippen molar-refractivity contribution in [2.24, 2.45) is 5.73 Å². The molecule has 1 atom stereocenters. The highest BCUT2D eigenvalue weighted by Crippen LogP contribution is 2.45. The molecule has 0 fully saturated rings. The van der Waals surface area contributed by atoms with E-state index in [0.717, 1.165) is 16.8 Å². The van der Waals surface area contributed by atoms with Gasteiger partial charge in [-0.15, -0.1) is 5.10 Å². The molecule has 0 amide bonds. The van der Waals surface area contributed by atoms with Crippen molar-refractivity contribution in [1.82, 2.24) is 10.2 Å². The van der Waals surface area contributed by atoms with Crippen LogP contribution in [-0.2, 0) is 5.41 Å². The molecule has 3 N–H and O–H groups in total. The van der Waals surface area contributed by atoms with E-state index in [9.17, 15) is 9.65 Å². The summed E-state index contributed by atoms with van der Waals surface area (Å²) in [4.78, 5) is 0. The number of nitrogens with zero attached hydrogens (tertiary/aromatic N) is 2. The fourth-order valence-electron chi connectivity index (χ4n) is 2.81. The number of halogens is 1. The molecule has 0 unspecified atom stereocenters. The maximum absolute atomic E-state index is 13.3. The Morgan fingerprint density at radius 2 is 1.96 bits per heavy atom. The average molecular weight is 312 g/mol. The maximum Gasteiger partial charge on any atom is 0.244 e. The number of rotatable bonds is 1. The van der Waals surface area contributed by atoms with Crippen LogP contribution in [0.5, 0.6) is 5.88 Å². The zero-order valence-corrected chi connectivity index (χ0v) is 13.1. The van der Waals surface area contributed by atoms with E-state index in [-0.39, 0.29) is 17.1 Å². The molecular formula is C17H17FN4O. The molecule has 5 nitrogen and oxygen atoms in total. The Balaban J connectivity index is 2.26. The van der Waals surface area contributed by atoms with Crippen LogP contribution < -0.4 is 10.5 Å². The van der Waals surface area contributed by atoms with Crippen molar-refractivity contribution in [3.63, 3.8) is 0 Å². The summed E-state index contributed by atoms with van der Waals surface area (Å²) in [7, 11) is 0. The van der Waals surface area contributed by atoms with Crippen molar-refractivity contribution < 1.29 is 9.13 Å². The Hall–Kier alpha value is -2.81. The smallest absolute Gasteiger partial charge is 0.244 e. The molecule has 0 radical (unpaired) electrons. The van der Waals surface area contributed by atoms with Gasteiger partial charge in [0.25, 0.3) is 0 Å². The molecule has 0 aliphatic carbocycles. The highest BCUT2D eigenvalue weighted by atomic mass is 19.1. The first kappa shape index (κ1) is 15.1. The second kappa shape index (κ2) is 5.13. The third-order valence-corrected chi connectivity index (χ3v) is 3.89. The lowest BCUT2D eigenvalue weighted by Gasteiger charge is -2.27. The van der Waals surface area contributed by atoms with Crippen LogP contribution in [0.15, 0.2) is 35.7 Å². The lowest BCUT2D eigenvalue weighted by molar-refractivity contribution is 0.378. The summed E-state index contributed by atoms with van der Waals surface area (Å²) in [5, 5.41) is 16.7. The van der Waals surface area contributed by atoms with Crippen molar-refractivity contribution in [2.45, 2.75) is 32.1 Å². The minimum absolute atomic E-state index is 0.0290. The monoisotopic (exact) mass is 312 g/mol. The Labute approximate surface area is 133 Å². The van der Waals surface area contributed by atoms with Gasteiger partial charge >= 0.3 is 0 Å². The third-order valence-electron chi connectivity index (χ3n) is 3.89. The highest BCUT2D eigenvalue weighted by Gasteiger charge is 2.37. The second-order valence-electron chi connectivity index (χ2n) is 6.54. The van der Waals surface area contributed by atoms with E-state index in [0.29, 0.717) is 11.5 Å². The molecule has 2 heterocycles. The van der Waals surface area contributed by atoms with Crippen molar-refractivity contribution in [2.75, 3.05) is 0 Å². The Kier molecular flexibility index (Phi) is 3.37. The SMILES string of the molecule is CC(C)(C)c1[nH]nc2c1[C@H](c1ccc(F)cc1)C(C#N)=C(N)O2. The molecule has 0 saturated heterocycles. The quantitative estimate of drug-likeness (QED) is 0.847. The number of nitrogens with one attached hydrogen (secondary N) is 1. The number of H-pyrrole nitrogens is 1. The Morgan fingerprint density at radius 3 is 2.52 bits per heavy atom. The molecule has 0 bridgehead atoms. The van der Waals surface area contributed by atoms with Crippen LogP contribution in [0, 0.1) is 17.1 Å². The summed E-state index contributed by atoms with van der Waals surface area (Å²) in [6.07, 6.45) is 0. The van der Waals surface area contributed by atoms with Crippen LogP contribution in [0.2, 0.25) is 0 Å². The summed E-state index contributed by atoms with van der Waals surface area (Å²) < 4.78 is 18.8. The molecule has 23 heavy (non-hydrogen) atoms. The van der Waals surface area contributed by atoms with Crippen molar-refractivity contribution in [3.8, 4) is 11.9 Å². The summed E-state index contributed by atoms with van der Waals surface area (Å²) in [5.41, 5.74) is 8.36. The Morgan fingerprint density at radius 1 is 1.30 bits per heavy atom. The van der Waals surface area contributed by atoms with Gasteiger partial charge in [0, 0.05) is 11.1 Å². The number of hydrogen-bond donors (Lipinski definition) is 2. The fraction of sp³-hybridized carbons (Fsp3) is 0.294. The first-order valence-electron chi connectivity index (χ1n) is 7.24. The first-order valence-corrected chi connectivity index (χ1v) is 7.24. The third kappa shape index (κ3) is 2.44. The number of ether oxygens (including phenoxy) is 1. The first-order chi connectivity index (χ1) is 10.8. The summed E-state index contributed by atoms with van der Waals surface area (Å²) >= 11 is 0. The zero-order valence-electron chi connectivity index (χ0n) is 13.1. The molecule has 1 aliphatic heterocycles. The average Bonchev–Trinajstić information content (AvgIpc) is 2.90. The van der Waals surface area contributed by atoms with E-state index in [1.54, 1.807) is 12.1 Å². The zero-order chi connectivity index (χ0) is 16.8. The van der Waals surface area contributed by atoms with Gasteiger partial charge < -0.3 is 10.5 Å². The van der Waals surface area contributed by atoms with Gasteiger partial charge in [0.2, 0.25) is 11.8 Å². The number of nitriles is 1. The van der Waals surface area contributed by atoms with E-state index in [2.05, 4.69) is 16.3 Å². The van der Waals surface area contributed by atoms with Crippen LogP contribution in [0.1, 0.15) is 43.5 Å². The molecule has 1 aromatic heterocycles. The van der Waals surface area contributed by atoms with Gasteiger partial charge in [0.1, 0.15) is 17.5 Å². The minimum Gasteiger partial charge on any atom is -0.420 e. The van der Waals surface area contributed by atoms with Gasteiger partial charge in [-0.3, -0.25) is 5.10 Å². The minimum atomic E-state index is -0.433. The standard InChI is InChI=1S/C17H17FN4O/c1-17(2,3)14-13-12(9-4-6-10(18)7-5-9)11(8-19)15(20)23-16(13)22-21-14/h4-7,12H,20H2,1-3H3,(H,21,22)/t12-/m1/s1. The normalized spacial score (nSPS) is 17.4. The van der Waals surface area contributed by atoms with Gasteiger partial charge in [-0.05, 0) is 17.7 Å². The van der Waals surface area contributed by atoms with Gasteiger partial charge in [0.05, 0.1) is 11.5 Å². The molecule has 3 rings (SSSR count). The van der Waals surface area contributed by atoms with E-state index >= 15 is 0 Å². The second-order valence-corrected chi connectivity index (χ2v) is 6.54. The van der Waals surface area contributed by atoms with Gasteiger partial charge in [-0.1, -0.05) is 32.9 Å². The highest BCUT2D eigenvalue weighted by molar-refractivity contribution is 5.56. The van der Waals surface area contributed by atoms with Gasteiger partial charge in [0.15, 0.2) is 0 Å². The van der Waals surface area contributed by atoms with Crippen LogP contribution in [0.4, 0.5) is 4.39 Å². The molecule has 1 aromatic carbocycles.